The van der Waals surface area contributed by atoms with Crippen LogP contribution >= 0.6 is 0 Å². The van der Waals surface area contributed by atoms with Crippen LogP contribution in [0.15, 0.2) is 6.20 Å². The Morgan fingerprint density at radius 1 is 1.47 bits per heavy atom. The largest absolute Gasteiger partial charge is 0.353 e. The van der Waals surface area contributed by atoms with Crippen LogP contribution in [0.1, 0.15) is 38.9 Å². The number of hydrogen-bond donors (Lipinski definition) is 1. The summed E-state index contributed by atoms with van der Waals surface area (Å²) in [5.41, 5.74) is 1.01. The zero-order chi connectivity index (χ0) is 13.0. The first kappa shape index (κ1) is 14.2. The number of hydrogen-bond acceptors (Lipinski definition) is 3. The molecule has 2 unspecified atom stereocenters. The molecule has 0 saturated carbocycles. The van der Waals surface area contributed by atoms with E-state index < -0.39 is 10.8 Å². The molecule has 1 aromatic heterocycles. The Morgan fingerprint density at radius 2 is 2.12 bits per heavy atom. The van der Waals surface area contributed by atoms with Crippen LogP contribution in [0, 0.1) is 6.92 Å². The molecule has 0 amide bonds. The molecule has 1 N–H and O–H groups in total. The highest BCUT2D eigenvalue weighted by Crippen LogP contribution is 2.19. The molecule has 4 nitrogen and oxygen atoms in total. The topological polar surface area (TPSA) is 46.9 Å². The summed E-state index contributed by atoms with van der Waals surface area (Å²) >= 11 is 0. The fourth-order valence-electron chi connectivity index (χ4n) is 1.69. The Hall–Kier alpha value is -0.840. The molecule has 0 aliphatic carbocycles. The quantitative estimate of drug-likeness (QED) is 0.851. The number of aryl methyl sites for hydroxylation is 1. The molecular formula is C12H23N3OS. The van der Waals surface area contributed by atoms with E-state index in [2.05, 4.69) is 35.6 Å². The lowest BCUT2D eigenvalue weighted by atomic mass is 10.2. The van der Waals surface area contributed by atoms with Gasteiger partial charge in [0.2, 0.25) is 5.95 Å². The molecule has 0 saturated heterocycles. The maximum Gasteiger partial charge on any atom is 0.203 e. The second-order valence-corrected chi connectivity index (χ2v) is 6.38. The molecular weight excluding hydrogens is 234 g/mol. The highest BCUT2D eigenvalue weighted by molar-refractivity contribution is 7.84. The lowest BCUT2D eigenvalue weighted by molar-refractivity contribution is 0.534. The zero-order valence-corrected chi connectivity index (χ0v) is 12.2. The second-order valence-electron chi connectivity index (χ2n) is 4.83. The first-order valence-corrected chi connectivity index (χ1v) is 7.75. The smallest absolute Gasteiger partial charge is 0.203 e. The van der Waals surface area contributed by atoms with Crippen molar-refractivity contribution in [2.45, 2.75) is 46.2 Å². The summed E-state index contributed by atoms with van der Waals surface area (Å²) in [7, 11) is -0.725. The number of anilines is 1. The van der Waals surface area contributed by atoms with Gasteiger partial charge in [0.1, 0.15) is 0 Å². The summed E-state index contributed by atoms with van der Waals surface area (Å²) < 4.78 is 13.3. The molecule has 1 aromatic rings. The fourth-order valence-corrected chi connectivity index (χ4v) is 2.37. The van der Waals surface area contributed by atoms with Crippen molar-refractivity contribution in [1.82, 2.24) is 9.55 Å². The fraction of sp³-hybridized carbons (Fsp3) is 0.750. The molecule has 17 heavy (non-hydrogen) atoms. The van der Waals surface area contributed by atoms with E-state index in [9.17, 15) is 4.21 Å². The maximum atomic E-state index is 11.1. The van der Waals surface area contributed by atoms with Crippen LogP contribution in [-0.4, -0.2) is 31.8 Å². The first-order valence-electron chi connectivity index (χ1n) is 6.02. The van der Waals surface area contributed by atoms with Gasteiger partial charge in [0.05, 0.1) is 5.69 Å². The minimum absolute atomic E-state index is 0.321. The Kier molecular flexibility index (Phi) is 5.18. The Bertz CT molecular complexity index is 387. The zero-order valence-electron chi connectivity index (χ0n) is 11.4. The van der Waals surface area contributed by atoms with Gasteiger partial charge >= 0.3 is 0 Å². The second kappa shape index (κ2) is 6.19. The standard InChI is InChI=1S/C12H23N3OS/c1-9(2)13-12-14-10(3)8-15(12)11(4)6-7-17(5)16/h8-9,11H,6-7H2,1-5H3,(H,13,14). The van der Waals surface area contributed by atoms with Gasteiger partial charge in [-0.25, -0.2) is 4.98 Å². The third kappa shape index (κ3) is 4.50. The van der Waals surface area contributed by atoms with Crippen molar-refractivity contribution >= 4 is 16.7 Å². The summed E-state index contributed by atoms with van der Waals surface area (Å²) in [6, 6.07) is 0.685. The molecule has 0 aliphatic rings. The summed E-state index contributed by atoms with van der Waals surface area (Å²) in [6.45, 7) is 8.33. The minimum atomic E-state index is -0.725. The van der Waals surface area contributed by atoms with Gasteiger partial charge in [0.25, 0.3) is 0 Å². The SMILES string of the molecule is Cc1cn(C(C)CCS(C)=O)c(NC(C)C)n1. The molecule has 1 rings (SSSR count). The first-order chi connectivity index (χ1) is 7.90. The van der Waals surface area contributed by atoms with Gasteiger partial charge in [-0.15, -0.1) is 0 Å². The molecule has 1 heterocycles. The number of nitrogens with one attached hydrogen (secondary N) is 1. The van der Waals surface area contributed by atoms with E-state index in [0.29, 0.717) is 12.1 Å². The van der Waals surface area contributed by atoms with Crippen molar-refractivity contribution < 1.29 is 4.21 Å². The summed E-state index contributed by atoms with van der Waals surface area (Å²) in [5.74, 6) is 1.64. The molecule has 5 heteroatoms. The van der Waals surface area contributed by atoms with Crippen molar-refractivity contribution in [2.24, 2.45) is 0 Å². The predicted molar refractivity (Wildman–Crippen MR) is 74.0 cm³/mol. The Labute approximate surface area is 106 Å². The average Bonchev–Trinajstić information content (AvgIpc) is 2.54. The van der Waals surface area contributed by atoms with Crippen LogP contribution < -0.4 is 5.32 Å². The lowest BCUT2D eigenvalue weighted by Crippen LogP contribution is -2.17. The number of rotatable bonds is 6. The van der Waals surface area contributed by atoms with E-state index in [1.165, 1.54) is 0 Å². The molecule has 0 radical (unpaired) electrons. The van der Waals surface area contributed by atoms with E-state index in [-0.39, 0.29) is 0 Å². The molecule has 98 valence electrons. The van der Waals surface area contributed by atoms with Crippen molar-refractivity contribution in [2.75, 3.05) is 17.3 Å². The van der Waals surface area contributed by atoms with Crippen LogP contribution in [0.3, 0.4) is 0 Å². The van der Waals surface area contributed by atoms with E-state index in [1.807, 2.05) is 13.1 Å². The molecule has 0 fully saturated rings. The van der Waals surface area contributed by atoms with Crippen LogP contribution in [0.2, 0.25) is 0 Å². The molecule has 2 atom stereocenters. The molecule has 0 bridgehead atoms. The van der Waals surface area contributed by atoms with Gasteiger partial charge in [-0.3, -0.25) is 4.21 Å². The molecule has 0 aromatic carbocycles. The molecule has 0 spiro atoms. The summed E-state index contributed by atoms with van der Waals surface area (Å²) in [4.78, 5) is 4.47. The van der Waals surface area contributed by atoms with Crippen LogP contribution in [-0.2, 0) is 10.8 Å². The van der Waals surface area contributed by atoms with Gasteiger partial charge in [-0.05, 0) is 34.1 Å². The normalized spacial score (nSPS) is 14.9. The Balaban J connectivity index is 2.77. The van der Waals surface area contributed by atoms with Gasteiger partial charge in [-0.1, -0.05) is 0 Å². The van der Waals surface area contributed by atoms with E-state index in [1.54, 1.807) is 6.26 Å². The van der Waals surface area contributed by atoms with Gasteiger partial charge in [0, 0.05) is 41.1 Å². The van der Waals surface area contributed by atoms with Crippen molar-refractivity contribution in [3.8, 4) is 0 Å². The van der Waals surface area contributed by atoms with Crippen molar-refractivity contribution in [3.05, 3.63) is 11.9 Å². The highest BCUT2D eigenvalue weighted by atomic mass is 32.2. The van der Waals surface area contributed by atoms with E-state index in [0.717, 1.165) is 23.8 Å². The van der Waals surface area contributed by atoms with Crippen molar-refractivity contribution in [1.29, 1.82) is 0 Å². The van der Waals surface area contributed by atoms with E-state index in [4.69, 9.17) is 0 Å². The third-order valence-electron chi connectivity index (χ3n) is 2.57. The number of aromatic nitrogens is 2. The van der Waals surface area contributed by atoms with Crippen LogP contribution in [0.25, 0.3) is 0 Å². The lowest BCUT2D eigenvalue weighted by Gasteiger charge is -2.17. The van der Waals surface area contributed by atoms with Gasteiger partial charge in [0.15, 0.2) is 0 Å². The van der Waals surface area contributed by atoms with Gasteiger partial charge < -0.3 is 9.88 Å². The van der Waals surface area contributed by atoms with E-state index >= 15 is 0 Å². The van der Waals surface area contributed by atoms with Crippen LogP contribution in [0.5, 0.6) is 0 Å². The van der Waals surface area contributed by atoms with Crippen LogP contribution in [0.4, 0.5) is 5.95 Å². The number of imidazole rings is 1. The van der Waals surface area contributed by atoms with Gasteiger partial charge in [-0.2, -0.15) is 0 Å². The summed E-state index contributed by atoms with van der Waals surface area (Å²) in [5, 5.41) is 3.34. The minimum Gasteiger partial charge on any atom is -0.353 e. The highest BCUT2D eigenvalue weighted by Gasteiger charge is 2.12. The number of nitrogens with zero attached hydrogens (tertiary/aromatic N) is 2. The average molecular weight is 257 g/mol. The predicted octanol–water partition coefficient (Wildman–Crippen LogP) is 2.34. The monoisotopic (exact) mass is 257 g/mol. The Morgan fingerprint density at radius 3 is 2.65 bits per heavy atom. The summed E-state index contributed by atoms with van der Waals surface area (Å²) in [6.07, 6.45) is 4.71. The van der Waals surface area contributed by atoms with Crippen molar-refractivity contribution in [3.63, 3.8) is 0 Å². The molecule has 0 aliphatic heterocycles. The maximum absolute atomic E-state index is 11.1. The third-order valence-corrected chi connectivity index (χ3v) is 3.38.